The Kier molecular flexibility index (Phi) is 4.92. The van der Waals surface area contributed by atoms with E-state index in [4.69, 9.17) is 16.0 Å². The van der Waals surface area contributed by atoms with Gasteiger partial charge in [0, 0.05) is 5.02 Å². The Bertz CT molecular complexity index is 1080. The van der Waals surface area contributed by atoms with Crippen molar-refractivity contribution >= 4 is 63.1 Å². The minimum absolute atomic E-state index is 0.00675. The van der Waals surface area contributed by atoms with Crippen molar-refractivity contribution < 1.29 is 14.0 Å². The highest BCUT2D eigenvalue weighted by Gasteiger charge is 2.40. The van der Waals surface area contributed by atoms with Crippen LogP contribution in [0.5, 0.6) is 0 Å². The van der Waals surface area contributed by atoms with Gasteiger partial charge in [0.2, 0.25) is 5.12 Å². The molecule has 0 spiro atoms. The molecule has 1 N–H and O–H groups in total. The SMILES string of the molecule is CC(C)C1C(=O)S/C(=C\c2ccc(Sc3nc4ccc(Cl)cc4[nH]3)o2)C1=O. The molecule has 0 amide bonds. The Labute approximate surface area is 168 Å². The number of nitrogens with one attached hydrogen (secondary N) is 1. The predicted octanol–water partition coefficient (Wildman–Crippen LogP) is 5.42. The van der Waals surface area contributed by atoms with Gasteiger partial charge in [-0.15, -0.1) is 0 Å². The summed E-state index contributed by atoms with van der Waals surface area (Å²) in [7, 11) is 0. The van der Waals surface area contributed by atoms with E-state index in [1.165, 1.54) is 11.8 Å². The molecule has 0 aliphatic carbocycles. The summed E-state index contributed by atoms with van der Waals surface area (Å²) in [6.45, 7) is 3.76. The van der Waals surface area contributed by atoms with Crippen molar-refractivity contribution in [3.05, 3.63) is 46.0 Å². The fraction of sp³-hybridized carbons (Fsp3) is 0.211. The van der Waals surface area contributed by atoms with Crippen molar-refractivity contribution in [2.75, 3.05) is 0 Å². The molecule has 0 radical (unpaired) electrons. The molecule has 138 valence electrons. The van der Waals surface area contributed by atoms with Crippen LogP contribution in [0.1, 0.15) is 19.6 Å². The van der Waals surface area contributed by atoms with Gasteiger partial charge in [-0.05, 0) is 65.8 Å². The van der Waals surface area contributed by atoms with Gasteiger partial charge in [-0.3, -0.25) is 9.59 Å². The number of allylic oxidation sites excluding steroid dienone is 1. The number of aromatic amines is 1. The second-order valence-electron chi connectivity index (χ2n) is 6.48. The fourth-order valence-electron chi connectivity index (χ4n) is 2.86. The maximum absolute atomic E-state index is 12.4. The number of benzene rings is 1. The van der Waals surface area contributed by atoms with Crippen LogP contribution in [0.3, 0.4) is 0 Å². The summed E-state index contributed by atoms with van der Waals surface area (Å²) in [5.74, 6) is -0.162. The summed E-state index contributed by atoms with van der Waals surface area (Å²) >= 11 is 8.33. The van der Waals surface area contributed by atoms with Crippen molar-refractivity contribution in [2.45, 2.75) is 24.1 Å². The average molecular weight is 419 g/mol. The largest absolute Gasteiger partial charge is 0.450 e. The second-order valence-corrected chi connectivity index (χ2v) is 8.95. The van der Waals surface area contributed by atoms with E-state index in [-0.39, 0.29) is 16.8 Å². The van der Waals surface area contributed by atoms with E-state index in [0.29, 0.717) is 25.9 Å². The highest BCUT2D eigenvalue weighted by Crippen LogP contribution is 2.39. The minimum atomic E-state index is -0.563. The van der Waals surface area contributed by atoms with Gasteiger partial charge < -0.3 is 9.40 Å². The van der Waals surface area contributed by atoms with Crippen molar-refractivity contribution in [3.63, 3.8) is 0 Å². The zero-order chi connectivity index (χ0) is 19.1. The Morgan fingerprint density at radius 1 is 1.30 bits per heavy atom. The van der Waals surface area contributed by atoms with Crippen LogP contribution in [0.15, 0.2) is 49.9 Å². The van der Waals surface area contributed by atoms with Gasteiger partial charge in [-0.1, -0.05) is 25.4 Å². The molecule has 8 heteroatoms. The standard InChI is InChI=1S/C19H15ClN2O3S2/c1-9(2)16-17(23)14(26-18(16)24)8-11-4-6-15(25-11)27-19-21-12-5-3-10(20)7-13(12)22-19/h3-9,16H,1-2H3,(H,21,22)/b14-8-. The number of ketones is 1. The maximum atomic E-state index is 12.4. The van der Waals surface area contributed by atoms with Crippen LogP contribution in [-0.4, -0.2) is 20.9 Å². The lowest BCUT2D eigenvalue weighted by Gasteiger charge is -2.07. The number of aromatic nitrogens is 2. The first-order valence-corrected chi connectivity index (χ1v) is 10.3. The normalized spacial score (nSPS) is 19.1. The van der Waals surface area contributed by atoms with E-state index in [0.717, 1.165) is 22.8 Å². The number of halogens is 1. The average Bonchev–Trinajstić information content (AvgIpc) is 3.26. The van der Waals surface area contributed by atoms with E-state index in [2.05, 4.69) is 9.97 Å². The zero-order valence-corrected chi connectivity index (χ0v) is 16.9. The van der Waals surface area contributed by atoms with Gasteiger partial charge in [0.25, 0.3) is 0 Å². The van der Waals surface area contributed by atoms with E-state index < -0.39 is 5.92 Å². The number of nitrogens with zero attached hydrogens (tertiary/aromatic N) is 1. The van der Waals surface area contributed by atoms with Gasteiger partial charge in [0.15, 0.2) is 16.0 Å². The summed E-state index contributed by atoms with van der Waals surface area (Å²) < 4.78 is 5.77. The lowest BCUT2D eigenvalue weighted by molar-refractivity contribution is -0.125. The summed E-state index contributed by atoms with van der Waals surface area (Å²) in [5.41, 5.74) is 1.67. The highest BCUT2D eigenvalue weighted by molar-refractivity contribution is 8.18. The summed E-state index contributed by atoms with van der Waals surface area (Å²) in [6.07, 6.45) is 1.63. The van der Waals surface area contributed by atoms with E-state index >= 15 is 0 Å². The zero-order valence-electron chi connectivity index (χ0n) is 14.5. The number of carbonyl (C=O) groups excluding carboxylic acids is 2. The maximum Gasteiger partial charge on any atom is 0.204 e. The molecule has 1 aliphatic heterocycles. The van der Waals surface area contributed by atoms with E-state index in [9.17, 15) is 9.59 Å². The fourth-order valence-corrected chi connectivity index (χ4v) is 4.92. The monoisotopic (exact) mass is 418 g/mol. The second kappa shape index (κ2) is 7.22. The molecule has 1 saturated heterocycles. The number of Topliss-reactive ketones (excluding diaryl/α,β-unsaturated/α-hetero) is 1. The molecule has 1 aromatic carbocycles. The predicted molar refractivity (Wildman–Crippen MR) is 108 cm³/mol. The van der Waals surface area contributed by atoms with Crippen LogP contribution in [0.4, 0.5) is 0 Å². The summed E-state index contributed by atoms with van der Waals surface area (Å²) in [4.78, 5) is 32.5. The molecular formula is C19H15ClN2O3S2. The molecule has 3 heterocycles. The molecule has 1 fully saturated rings. The van der Waals surface area contributed by atoms with Crippen LogP contribution in [0, 0.1) is 11.8 Å². The molecule has 1 atom stereocenters. The first-order chi connectivity index (χ1) is 12.9. The number of imidazole rings is 1. The van der Waals surface area contributed by atoms with Crippen molar-refractivity contribution in [3.8, 4) is 0 Å². The molecule has 0 saturated carbocycles. The van der Waals surface area contributed by atoms with Crippen LogP contribution in [-0.2, 0) is 9.59 Å². The number of fused-ring (bicyclic) bond motifs is 1. The number of hydrogen-bond acceptors (Lipinski definition) is 6. The van der Waals surface area contributed by atoms with Crippen LogP contribution in [0.25, 0.3) is 17.1 Å². The van der Waals surface area contributed by atoms with Crippen LogP contribution < -0.4 is 0 Å². The Hall–Kier alpha value is -1.96. The lowest BCUT2D eigenvalue weighted by atomic mass is 9.93. The number of thioether (sulfide) groups is 1. The van der Waals surface area contributed by atoms with Gasteiger partial charge in [-0.2, -0.15) is 0 Å². The lowest BCUT2D eigenvalue weighted by Crippen LogP contribution is -2.20. The molecule has 27 heavy (non-hydrogen) atoms. The van der Waals surface area contributed by atoms with Gasteiger partial charge in [0.1, 0.15) is 5.76 Å². The third kappa shape index (κ3) is 3.72. The number of rotatable bonds is 4. The molecule has 0 bridgehead atoms. The van der Waals surface area contributed by atoms with Crippen molar-refractivity contribution in [1.29, 1.82) is 0 Å². The first-order valence-electron chi connectivity index (χ1n) is 8.31. The summed E-state index contributed by atoms with van der Waals surface area (Å²) in [6, 6.07) is 9.04. The first kappa shape index (κ1) is 18.4. The van der Waals surface area contributed by atoms with Gasteiger partial charge >= 0.3 is 0 Å². The van der Waals surface area contributed by atoms with Crippen molar-refractivity contribution in [1.82, 2.24) is 9.97 Å². The number of furan rings is 1. The highest BCUT2D eigenvalue weighted by atomic mass is 35.5. The quantitative estimate of drug-likeness (QED) is 0.450. The van der Waals surface area contributed by atoms with E-state index in [1.54, 1.807) is 18.2 Å². The summed E-state index contributed by atoms with van der Waals surface area (Å²) in [5, 5.41) is 1.86. The smallest absolute Gasteiger partial charge is 0.204 e. The Morgan fingerprint density at radius 3 is 2.85 bits per heavy atom. The molecule has 4 rings (SSSR count). The number of H-pyrrole nitrogens is 1. The van der Waals surface area contributed by atoms with Crippen molar-refractivity contribution in [2.24, 2.45) is 11.8 Å². The van der Waals surface area contributed by atoms with Gasteiger partial charge in [-0.25, -0.2) is 4.98 Å². The topological polar surface area (TPSA) is 76.0 Å². The van der Waals surface area contributed by atoms with Gasteiger partial charge in [0.05, 0.1) is 21.9 Å². The number of hydrogen-bond donors (Lipinski definition) is 1. The third-order valence-corrected chi connectivity index (χ3v) is 6.19. The molecule has 3 aromatic rings. The Balaban J connectivity index is 1.53. The molecule has 5 nitrogen and oxygen atoms in total. The third-order valence-electron chi connectivity index (χ3n) is 4.15. The molecule has 1 unspecified atom stereocenters. The van der Waals surface area contributed by atoms with Crippen LogP contribution in [0.2, 0.25) is 5.02 Å². The Morgan fingerprint density at radius 2 is 2.11 bits per heavy atom. The number of carbonyl (C=O) groups is 2. The minimum Gasteiger partial charge on any atom is -0.450 e. The molecule has 1 aliphatic rings. The molecule has 2 aromatic heterocycles. The van der Waals surface area contributed by atoms with E-state index in [1.807, 2.05) is 32.0 Å². The molecular weight excluding hydrogens is 404 g/mol. The van der Waals surface area contributed by atoms with Crippen LogP contribution >= 0.6 is 35.1 Å².